The van der Waals surface area contributed by atoms with Crippen LogP contribution in [0.25, 0.3) is 10.1 Å². The first-order valence-electron chi connectivity index (χ1n) is 10.8. The van der Waals surface area contributed by atoms with E-state index in [2.05, 4.69) is 90.7 Å². The molecule has 3 nitrogen and oxygen atoms in total. The van der Waals surface area contributed by atoms with Gasteiger partial charge in [0.15, 0.2) is 0 Å². The van der Waals surface area contributed by atoms with Crippen molar-refractivity contribution in [3.63, 3.8) is 0 Å². The monoisotopic (exact) mass is 426 g/mol. The molecule has 1 amide bonds. The average molecular weight is 427 g/mol. The summed E-state index contributed by atoms with van der Waals surface area (Å²) in [4.78, 5) is 18.6. The topological polar surface area (TPSA) is 23.6 Å². The van der Waals surface area contributed by atoms with E-state index in [1.807, 2.05) is 11.0 Å². The van der Waals surface area contributed by atoms with Gasteiger partial charge in [-0.15, -0.1) is 11.3 Å². The largest absolute Gasteiger partial charge is 0.335 e. The summed E-state index contributed by atoms with van der Waals surface area (Å²) in [5.41, 5.74) is 3.83. The molecule has 31 heavy (non-hydrogen) atoms. The second kappa shape index (κ2) is 8.66. The van der Waals surface area contributed by atoms with Crippen molar-refractivity contribution in [1.82, 2.24) is 9.80 Å². The van der Waals surface area contributed by atoms with Crippen LogP contribution in [0.2, 0.25) is 0 Å². The third-order valence-electron chi connectivity index (χ3n) is 6.08. The van der Waals surface area contributed by atoms with Gasteiger partial charge in [0.25, 0.3) is 5.91 Å². The van der Waals surface area contributed by atoms with Crippen LogP contribution >= 0.6 is 11.3 Å². The molecule has 0 bridgehead atoms. The molecule has 0 unspecified atom stereocenters. The zero-order valence-corrected chi connectivity index (χ0v) is 18.5. The van der Waals surface area contributed by atoms with E-state index in [9.17, 15) is 4.79 Å². The van der Waals surface area contributed by atoms with Gasteiger partial charge in [-0.1, -0.05) is 72.8 Å². The first-order valence-corrected chi connectivity index (χ1v) is 11.6. The van der Waals surface area contributed by atoms with E-state index in [-0.39, 0.29) is 11.9 Å². The van der Waals surface area contributed by atoms with Crippen LogP contribution in [0.3, 0.4) is 0 Å². The molecule has 1 aliphatic heterocycles. The quantitative estimate of drug-likeness (QED) is 0.414. The summed E-state index contributed by atoms with van der Waals surface area (Å²) in [6.45, 7) is 5.33. The number of carbonyl (C=O) groups is 1. The minimum atomic E-state index is 0.162. The predicted molar refractivity (Wildman–Crippen MR) is 129 cm³/mol. The van der Waals surface area contributed by atoms with E-state index in [1.165, 1.54) is 21.4 Å². The Balaban J connectivity index is 1.34. The van der Waals surface area contributed by atoms with Gasteiger partial charge in [-0.05, 0) is 41.1 Å². The second-order valence-electron chi connectivity index (χ2n) is 8.20. The normalized spacial score (nSPS) is 15.0. The molecule has 3 aromatic carbocycles. The van der Waals surface area contributed by atoms with Gasteiger partial charge in [0, 0.05) is 30.9 Å². The fourth-order valence-corrected chi connectivity index (χ4v) is 5.60. The molecule has 2 heterocycles. The summed E-state index contributed by atoms with van der Waals surface area (Å²) in [5, 5.41) is 1.16. The molecule has 156 valence electrons. The fourth-order valence-electron chi connectivity index (χ4n) is 4.47. The van der Waals surface area contributed by atoms with Crippen molar-refractivity contribution in [2.24, 2.45) is 0 Å². The number of hydrogen-bond acceptors (Lipinski definition) is 3. The molecule has 1 saturated heterocycles. The number of hydrogen-bond donors (Lipinski definition) is 0. The van der Waals surface area contributed by atoms with Crippen LogP contribution in [0.1, 0.15) is 32.4 Å². The van der Waals surface area contributed by atoms with Gasteiger partial charge >= 0.3 is 0 Å². The lowest BCUT2D eigenvalue weighted by molar-refractivity contribution is 0.0602. The van der Waals surface area contributed by atoms with Crippen molar-refractivity contribution in [3.8, 4) is 0 Å². The lowest BCUT2D eigenvalue weighted by Gasteiger charge is -2.39. The van der Waals surface area contributed by atoms with E-state index < -0.39 is 0 Å². The Morgan fingerprint density at radius 2 is 1.42 bits per heavy atom. The predicted octanol–water partition coefficient (Wildman–Crippen LogP) is 5.76. The lowest BCUT2D eigenvalue weighted by Crippen LogP contribution is -2.49. The minimum Gasteiger partial charge on any atom is -0.335 e. The molecule has 4 heteroatoms. The highest BCUT2D eigenvalue weighted by molar-refractivity contribution is 7.20. The number of carbonyl (C=O) groups excluding carboxylic acids is 1. The van der Waals surface area contributed by atoms with E-state index in [4.69, 9.17) is 0 Å². The van der Waals surface area contributed by atoms with Crippen molar-refractivity contribution < 1.29 is 4.79 Å². The molecule has 1 fully saturated rings. The zero-order chi connectivity index (χ0) is 21.2. The van der Waals surface area contributed by atoms with Gasteiger partial charge in [-0.2, -0.15) is 0 Å². The summed E-state index contributed by atoms with van der Waals surface area (Å²) >= 11 is 1.61. The lowest BCUT2D eigenvalue weighted by atomic mass is 9.96. The Hall–Kier alpha value is -2.95. The average Bonchev–Trinajstić information content (AvgIpc) is 3.24. The van der Waals surface area contributed by atoms with Gasteiger partial charge < -0.3 is 4.90 Å². The molecular weight excluding hydrogens is 400 g/mol. The van der Waals surface area contributed by atoms with Gasteiger partial charge in [0.05, 0.1) is 10.9 Å². The van der Waals surface area contributed by atoms with Gasteiger partial charge in [0.2, 0.25) is 0 Å². The Morgan fingerprint density at radius 1 is 0.806 bits per heavy atom. The first-order chi connectivity index (χ1) is 15.2. The molecule has 0 radical (unpaired) electrons. The molecule has 1 aromatic heterocycles. The zero-order valence-electron chi connectivity index (χ0n) is 17.7. The summed E-state index contributed by atoms with van der Waals surface area (Å²) < 4.78 is 1.19. The number of nitrogens with zero attached hydrogens (tertiary/aromatic N) is 2. The summed E-state index contributed by atoms with van der Waals surface area (Å²) in [5.74, 6) is 0.162. The molecule has 0 spiro atoms. The van der Waals surface area contributed by atoms with E-state index >= 15 is 0 Å². The van der Waals surface area contributed by atoms with Crippen LogP contribution in [-0.4, -0.2) is 41.9 Å². The number of fused-ring (bicyclic) bond motifs is 1. The maximum atomic E-state index is 13.2. The number of amides is 1. The van der Waals surface area contributed by atoms with Crippen LogP contribution in [-0.2, 0) is 0 Å². The first kappa shape index (κ1) is 20.0. The SMILES string of the molecule is Cc1ccc2cc(C(=O)N3CCN(C(c4ccccc4)c4ccccc4)CC3)sc2c1. The van der Waals surface area contributed by atoms with Crippen molar-refractivity contribution in [2.45, 2.75) is 13.0 Å². The summed E-state index contributed by atoms with van der Waals surface area (Å²) in [6.07, 6.45) is 0. The molecule has 5 rings (SSSR count). The molecule has 0 aliphatic carbocycles. The summed E-state index contributed by atoms with van der Waals surface area (Å²) in [6, 6.07) is 30.0. The highest BCUT2D eigenvalue weighted by Crippen LogP contribution is 2.31. The Labute approximate surface area is 187 Å². The molecule has 4 aromatic rings. The van der Waals surface area contributed by atoms with Crippen molar-refractivity contribution in [1.29, 1.82) is 0 Å². The number of piperazine rings is 1. The Morgan fingerprint density at radius 3 is 2.03 bits per heavy atom. The molecule has 1 aliphatic rings. The van der Waals surface area contributed by atoms with Crippen LogP contribution in [0.4, 0.5) is 0 Å². The fraction of sp³-hybridized carbons (Fsp3) is 0.222. The summed E-state index contributed by atoms with van der Waals surface area (Å²) in [7, 11) is 0. The number of thiophene rings is 1. The van der Waals surface area contributed by atoms with Crippen LogP contribution in [0.15, 0.2) is 84.9 Å². The number of rotatable bonds is 4. The Bertz CT molecular complexity index is 1140. The van der Waals surface area contributed by atoms with Crippen molar-refractivity contribution >= 4 is 27.3 Å². The van der Waals surface area contributed by atoms with E-state index in [1.54, 1.807) is 11.3 Å². The molecule has 0 N–H and O–H groups in total. The third kappa shape index (κ3) is 4.14. The molecule has 0 atom stereocenters. The maximum Gasteiger partial charge on any atom is 0.264 e. The minimum absolute atomic E-state index is 0.162. The van der Waals surface area contributed by atoms with Crippen LogP contribution < -0.4 is 0 Å². The van der Waals surface area contributed by atoms with Crippen molar-refractivity contribution in [2.75, 3.05) is 26.2 Å². The highest BCUT2D eigenvalue weighted by Gasteiger charge is 2.29. The van der Waals surface area contributed by atoms with Gasteiger partial charge in [-0.25, -0.2) is 0 Å². The van der Waals surface area contributed by atoms with Gasteiger partial charge in [-0.3, -0.25) is 9.69 Å². The van der Waals surface area contributed by atoms with Crippen molar-refractivity contribution in [3.05, 3.63) is 106 Å². The smallest absolute Gasteiger partial charge is 0.264 e. The van der Waals surface area contributed by atoms with Gasteiger partial charge in [0.1, 0.15) is 0 Å². The second-order valence-corrected chi connectivity index (χ2v) is 9.29. The molecule has 0 saturated carbocycles. The standard InChI is InChI=1S/C27H26N2OS/c1-20-12-13-23-19-25(31-24(23)18-20)27(30)29-16-14-28(15-17-29)26(21-8-4-2-5-9-21)22-10-6-3-7-11-22/h2-13,18-19,26H,14-17H2,1H3. The number of aryl methyl sites for hydroxylation is 1. The maximum absolute atomic E-state index is 13.2. The van der Waals surface area contributed by atoms with Crippen LogP contribution in [0, 0.1) is 6.92 Å². The highest BCUT2D eigenvalue weighted by atomic mass is 32.1. The third-order valence-corrected chi connectivity index (χ3v) is 7.17. The van der Waals surface area contributed by atoms with Crippen LogP contribution in [0.5, 0.6) is 0 Å². The Kier molecular flexibility index (Phi) is 5.58. The van der Waals surface area contributed by atoms with E-state index in [0.29, 0.717) is 0 Å². The molecular formula is C27H26N2OS. The number of benzene rings is 3. The van der Waals surface area contributed by atoms with E-state index in [0.717, 1.165) is 36.4 Å².